The molecule has 0 aliphatic carbocycles. The standard InChI is InChI=1S/C30H48N2/c1-3-5-6-7-8-9-10-11-12-13-14-16-21-26-22-19-25-29(28(26)20-4-2)30(31,32)27-23-17-15-18-24-27/h15,17-19,22-25H,3-14,16,20-21,31-32H2,1-2H3. The second-order valence-corrected chi connectivity index (χ2v) is 9.57. The van der Waals surface area contributed by atoms with E-state index in [0.29, 0.717) is 0 Å². The van der Waals surface area contributed by atoms with Crippen LogP contribution < -0.4 is 11.5 Å². The second kappa shape index (κ2) is 15.2. The van der Waals surface area contributed by atoms with Gasteiger partial charge in [-0.25, -0.2) is 0 Å². The Morgan fingerprint density at radius 1 is 0.562 bits per heavy atom. The molecule has 0 heterocycles. The molecule has 2 heteroatoms. The Bertz CT molecular complexity index is 736. The highest BCUT2D eigenvalue weighted by molar-refractivity contribution is 5.45. The summed E-state index contributed by atoms with van der Waals surface area (Å²) in [5, 5.41) is 0. The van der Waals surface area contributed by atoms with Crippen LogP contribution in [0.5, 0.6) is 0 Å². The van der Waals surface area contributed by atoms with E-state index >= 15 is 0 Å². The number of hydrogen-bond acceptors (Lipinski definition) is 2. The Morgan fingerprint density at radius 3 is 1.69 bits per heavy atom. The average Bonchev–Trinajstić information content (AvgIpc) is 2.81. The summed E-state index contributed by atoms with van der Waals surface area (Å²) in [6, 6.07) is 16.7. The van der Waals surface area contributed by atoms with E-state index in [1.807, 2.05) is 30.3 Å². The van der Waals surface area contributed by atoms with E-state index in [1.165, 1.54) is 88.2 Å². The molecule has 2 rings (SSSR count). The fraction of sp³-hybridized carbons (Fsp3) is 0.600. The summed E-state index contributed by atoms with van der Waals surface area (Å²) < 4.78 is 0. The molecule has 2 aromatic carbocycles. The van der Waals surface area contributed by atoms with Gasteiger partial charge in [0.05, 0.1) is 0 Å². The van der Waals surface area contributed by atoms with E-state index in [9.17, 15) is 0 Å². The van der Waals surface area contributed by atoms with E-state index in [0.717, 1.165) is 30.4 Å². The summed E-state index contributed by atoms with van der Waals surface area (Å²) in [6.45, 7) is 4.53. The molecule has 0 radical (unpaired) electrons. The number of nitrogens with two attached hydrogens (primary N) is 2. The second-order valence-electron chi connectivity index (χ2n) is 9.57. The van der Waals surface area contributed by atoms with Gasteiger partial charge in [0, 0.05) is 0 Å². The molecule has 0 bridgehead atoms. The lowest BCUT2D eigenvalue weighted by Gasteiger charge is -2.29. The number of hydrogen-bond donors (Lipinski definition) is 2. The van der Waals surface area contributed by atoms with Crippen molar-refractivity contribution in [2.45, 2.75) is 116 Å². The molecule has 0 spiro atoms. The zero-order valence-electron chi connectivity index (χ0n) is 20.9. The van der Waals surface area contributed by atoms with Crippen molar-refractivity contribution in [1.29, 1.82) is 0 Å². The van der Waals surface area contributed by atoms with Crippen molar-refractivity contribution in [3.05, 3.63) is 70.8 Å². The van der Waals surface area contributed by atoms with Crippen LogP contribution in [-0.2, 0) is 18.5 Å². The maximum atomic E-state index is 6.71. The van der Waals surface area contributed by atoms with Gasteiger partial charge in [-0.2, -0.15) is 0 Å². The average molecular weight is 437 g/mol. The van der Waals surface area contributed by atoms with Gasteiger partial charge >= 0.3 is 0 Å². The van der Waals surface area contributed by atoms with Crippen LogP contribution >= 0.6 is 0 Å². The van der Waals surface area contributed by atoms with Crippen LogP contribution in [0.1, 0.15) is 120 Å². The van der Waals surface area contributed by atoms with Crippen molar-refractivity contribution < 1.29 is 0 Å². The highest BCUT2D eigenvalue weighted by Crippen LogP contribution is 2.29. The monoisotopic (exact) mass is 436 g/mol. The maximum absolute atomic E-state index is 6.71. The highest BCUT2D eigenvalue weighted by atomic mass is 15.0. The van der Waals surface area contributed by atoms with Crippen molar-refractivity contribution in [2.24, 2.45) is 11.5 Å². The Kier molecular flexibility index (Phi) is 12.7. The third-order valence-corrected chi connectivity index (χ3v) is 6.77. The van der Waals surface area contributed by atoms with Crippen LogP contribution in [0.15, 0.2) is 48.5 Å². The predicted octanol–water partition coefficient (Wildman–Crippen LogP) is 8.00. The molecule has 0 unspecified atom stereocenters. The summed E-state index contributed by atoms with van der Waals surface area (Å²) in [5.74, 6) is 0. The lowest BCUT2D eigenvalue weighted by molar-refractivity contribution is 0.542. The fourth-order valence-corrected chi connectivity index (χ4v) is 4.83. The van der Waals surface area contributed by atoms with Gasteiger partial charge in [0.15, 0.2) is 0 Å². The molecule has 0 saturated heterocycles. The topological polar surface area (TPSA) is 52.0 Å². The van der Waals surface area contributed by atoms with Crippen molar-refractivity contribution >= 4 is 0 Å². The van der Waals surface area contributed by atoms with E-state index in [4.69, 9.17) is 11.5 Å². The SMILES string of the molecule is CCCCCCCCCCCCCCc1cccc(C(N)(N)c2ccccc2)c1CCC. The van der Waals surface area contributed by atoms with Gasteiger partial charge < -0.3 is 11.5 Å². The molecule has 2 aromatic rings. The van der Waals surface area contributed by atoms with Crippen LogP contribution in [0.4, 0.5) is 0 Å². The lowest BCUT2D eigenvalue weighted by Crippen LogP contribution is -2.48. The summed E-state index contributed by atoms with van der Waals surface area (Å²) in [6.07, 6.45) is 19.9. The smallest absolute Gasteiger partial charge is 0.117 e. The van der Waals surface area contributed by atoms with Gasteiger partial charge in [-0.15, -0.1) is 0 Å². The number of unbranched alkanes of at least 4 members (excludes halogenated alkanes) is 11. The Labute approximate surface area is 198 Å². The first kappa shape index (κ1) is 26.6. The quantitative estimate of drug-likeness (QED) is 0.195. The summed E-state index contributed by atoms with van der Waals surface area (Å²) >= 11 is 0. The molecule has 2 nitrogen and oxygen atoms in total. The minimum absolute atomic E-state index is 0.946. The van der Waals surface area contributed by atoms with Gasteiger partial charge in [0.25, 0.3) is 0 Å². The zero-order chi connectivity index (χ0) is 23.1. The molecule has 0 amide bonds. The summed E-state index contributed by atoms with van der Waals surface area (Å²) in [5.41, 5.74) is 17.3. The molecule has 0 aliphatic heterocycles. The normalized spacial score (nSPS) is 11.8. The van der Waals surface area contributed by atoms with Crippen LogP contribution in [0.25, 0.3) is 0 Å². The van der Waals surface area contributed by atoms with Gasteiger partial charge in [-0.05, 0) is 41.5 Å². The lowest BCUT2D eigenvalue weighted by atomic mass is 9.84. The van der Waals surface area contributed by atoms with Crippen LogP contribution in [0.3, 0.4) is 0 Å². The van der Waals surface area contributed by atoms with E-state index in [-0.39, 0.29) is 0 Å². The van der Waals surface area contributed by atoms with Gasteiger partial charge in [-0.3, -0.25) is 0 Å². The Balaban J connectivity index is 1.81. The predicted molar refractivity (Wildman–Crippen MR) is 141 cm³/mol. The minimum Gasteiger partial charge on any atom is -0.306 e. The molecule has 0 aromatic heterocycles. The Morgan fingerprint density at radius 2 is 1.12 bits per heavy atom. The zero-order valence-corrected chi connectivity index (χ0v) is 20.9. The first-order valence-corrected chi connectivity index (χ1v) is 13.4. The van der Waals surface area contributed by atoms with E-state index < -0.39 is 5.66 Å². The van der Waals surface area contributed by atoms with Crippen molar-refractivity contribution in [1.82, 2.24) is 0 Å². The van der Waals surface area contributed by atoms with Crippen LogP contribution in [-0.4, -0.2) is 0 Å². The highest BCUT2D eigenvalue weighted by Gasteiger charge is 2.27. The molecular formula is C30H48N2. The van der Waals surface area contributed by atoms with Crippen LogP contribution in [0.2, 0.25) is 0 Å². The molecular weight excluding hydrogens is 388 g/mol. The molecule has 0 aliphatic rings. The van der Waals surface area contributed by atoms with Crippen molar-refractivity contribution in [2.75, 3.05) is 0 Å². The summed E-state index contributed by atoms with van der Waals surface area (Å²) in [4.78, 5) is 0. The van der Waals surface area contributed by atoms with Crippen LogP contribution in [0, 0.1) is 0 Å². The minimum atomic E-state index is -0.946. The fourth-order valence-electron chi connectivity index (χ4n) is 4.83. The third-order valence-electron chi connectivity index (χ3n) is 6.77. The first-order chi connectivity index (χ1) is 15.6. The number of rotatable bonds is 17. The van der Waals surface area contributed by atoms with Gasteiger partial charge in [0.1, 0.15) is 5.66 Å². The first-order valence-electron chi connectivity index (χ1n) is 13.4. The molecule has 178 valence electrons. The van der Waals surface area contributed by atoms with Crippen molar-refractivity contribution in [3.8, 4) is 0 Å². The molecule has 0 atom stereocenters. The van der Waals surface area contributed by atoms with E-state index in [2.05, 4.69) is 32.0 Å². The largest absolute Gasteiger partial charge is 0.306 e. The molecule has 0 saturated carbocycles. The third kappa shape index (κ3) is 8.71. The maximum Gasteiger partial charge on any atom is 0.117 e. The molecule has 4 N–H and O–H groups in total. The van der Waals surface area contributed by atoms with Crippen molar-refractivity contribution in [3.63, 3.8) is 0 Å². The number of aryl methyl sites for hydroxylation is 1. The van der Waals surface area contributed by atoms with Gasteiger partial charge in [0.2, 0.25) is 0 Å². The molecule has 32 heavy (non-hydrogen) atoms. The van der Waals surface area contributed by atoms with Gasteiger partial charge in [-0.1, -0.05) is 139 Å². The molecule has 0 fully saturated rings. The number of benzene rings is 2. The van der Waals surface area contributed by atoms with E-state index in [1.54, 1.807) is 0 Å². The summed E-state index contributed by atoms with van der Waals surface area (Å²) in [7, 11) is 0. The Hall–Kier alpha value is -1.64.